The van der Waals surface area contributed by atoms with Crippen molar-refractivity contribution in [1.82, 2.24) is 15.0 Å². The van der Waals surface area contributed by atoms with E-state index in [9.17, 15) is 9.59 Å². The first-order valence-electron chi connectivity index (χ1n) is 10.1. The molecule has 10 heteroatoms. The van der Waals surface area contributed by atoms with E-state index in [-0.39, 0.29) is 24.3 Å². The van der Waals surface area contributed by atoms with Crippen molar-refractivity contribution in [3.05, 3.63) is 69.3 Å². The summed E-state index contributed by atoms with van der Waals surface area (Å²) in [6.07, 6.45) is -0.0566. The molecule has 32 heavy (non-hydrogen) atoms. The van der Waals surface area contributed by atoms with Gasteiger partial charge in [-0.3, -0.25) is 9.59 Å². The molecule has 1 aromatic heterocycles. The minimum atomic E-state index is -1.27. The summed E-state index contributed by atoms with van der Waals surface area (Å²) in [5.41, 5.74) is 1.53. The van der Waals surface area contributed by atoms with Crippen molar-refractivity contribution in [3.8, 4) is 0 Å². The molecule has 0 unspecified atom stereocenters. The van der Waals surface area contributed by atoms with E-state index >= 15 is 0 Å². The number of nitrogens with zero attached hydrogens (tertiary/aromatic N) is 4. The maximum absolute atomic E-state index is 13.8. The van der Waals surface area contributed by atoms with Gasteiger partial charge < -0.3 is 10.2 Å². The van der Waals surface area contributed by atoms with Crippen molar-refractivity contribution in [2.24, 2.45) is 0 Å². The molecule has 2 amide bonds. The summed E-state index contributed by atoms with van der Waals surface area (Å²) in [7, 11) is 0. The second-order valence-electron chi connectivity index (χ2n) is 7.90. The monoisotopic (exact) mass is 533 g/mol. The van der Waals surface area contributed by atoms with Crippen LogP contribution in [0.3, 0.4) is 0 Å². The van der Waals surface area contributed by atoms with E-state index in [1.807, 2.05) is 25.1 Å². The lowest BCUT2D eigenvalue weighted by Gasteiger charge is -2.31. The van der Waals surface area contributed by atoms with Crippen molar-refractivity contribution < 1.29 is 9.59 Å². The van der Waals surface area contributed by atoms with Crippen LogP contribution < -0.4 is 10.2 Å². The Balaban J connectivity index is 1.69. The molecular weight excluding hydrogens is 517 g/mol. The molecule has 7 nitrogen and oxygen atoms in total. The highest BCUT2D eigenvalue weighted by Crippen LogP contribution is 2.52. The molecule has 0 saturated heterocycles. The van der Waals surface area contributed by atoms with E-state index in [0.29, 0.717) is 39.0 Å². The van der Waals surface area contributed by atoms with Crippen LogP contribution in [0.4, 0.5) is 11.5 Å². The highest BCUT2D eigenvalue weighted by atomic mass is 79.9. The van der Waals surface area contributed by atoms with Gasteiger partial charge in [-0.15, -0.1) is 5.10 Å². The van der Waals surface area contributed by atoms with E-state index in [1.54, 1.807) is 33.8 Å². The van der Waals surface area contributed by atoms with Gasteiger partial charge in [0.25, 0.3) is 0 Å². The van der Waals surface area contributed by atoms with Crippen LogP contribution >= 0.6 is 39.1 Å². The Hall–Kier alpha value is -2.42. The first-order valence-corrected chi connectivity index (χ1v) is 11.9. The summed E-state index contributed by atoms with van der Waals surface area (Å²) >= 11 is 15.8. The molecule has 0 bridgehead atoms. The van der Waals surface area contributed by atoms with Gasteiger partial charge in [-0.25, -0.2) is 4.68 Å². The Morgan fingerprint density at radius 3 is 2.59 bits per heavy atom. The number of amides is 2. The third-order valence-corrected chi connectivity index (χ3v) is 6.97. The SMILES string of the molecule is C[C@@H](c1ccc(Cl)cc1)n1nnc2c1NC(=O)C[C@]21C(=O)N(CCBr)c2ccc(Cl)cc21. The number of anilines is 2. The van der Waals surface area contributed by atoms with Gasteiger partial charge in [-0.05, 0) is 48.4 Å². The normalized spacial score (nSPS) is 20.3. The van der Waals surface area contributed by atoms with Crippen LogP contribution in [0.15, 0.2) is 42.5 Å². The molecule has 2 aliphatic rings. The van der Waals surface area contributed by atoms with Crippen molar-refractivity contribution in [3.63, 3.8) is 0 Å². The summed E-state index contributed by atoms with van der Waals surface area (Å²) in [5, 5.41) is 13.4. The van der Waals surface area contributed by atoms with Crippen LogP contribution in [-0.2, 0) is 15.0 Å². The molecule has 1 N–H and O–H groups in total. The van der Waals surface area contributed by atoms with Crippen molar-refractivity contribution in [2.45, 2.75) is 24.8 Å². The number of hydrogen-bond donors (Lipinski definition) is 1. The fourth-order valence-corrected chi connectivity index (χ4v) is 5.25. The highest BCUT2D eigenvalue weighted by molar-refractivity contribution is 9.09. The fourth-order valence-electron chi connectivity index (χ4n) is 4.60. The van der Waals surface area contributed by atoms with Gasteiger partial charge in [-0.1, -0.05) is 56.5 Å². The first-order chi connectivity index (χ1) is 15.4. The number of carbonyl (C=O) groups excluding carboxylic acids is 2. The van der Waals surface area contributed by atoms with Crippen LogP contribution in [0.5, 0.6) is 0 Å². The summed E-state index contributed by atoms with van der Waals surface area (Å²) in [4.78, 5) is 28.4. The zero-order valence-electron chi connectivity index (χ0n) is 17.0. The van der Waals surface area contributed by atoms with E-state index in [1.165, 1.54) is 0 Å². The lowest BCUT2D eigenvalue weighted by atomic mass is 9.73. The average Bonchev–Trinajstić information content (AvgIpc) is 3.28. The number of rotatable bonds is 4. The molecule has 0 aliphatic carbocycles. The van der Waals surface area contributed by atoms with Crippen molar-refractivity contribution >= 4 is 62.5 Å². The second kappa shape index (κ2) is 7.86. The third kappa shape index (κ3) is 3.08. The van der Waals surface area contributed by atoms with Crippen LogP contribution in [0.1, 0.15) is 36.2 Å². The van der Waals surface area contributed by atoms with Crippen LogP contribution in [0.25, 0.3) is 0 Å². The smallest absolute Gasteiger partial charge is 0.244 e. The number of aromatic nitrogens is 3. The van der Waals surface area contributed by atoms with Crippen LogP contribution in [0.2, 0.25) is 10.0 Å². The molecule has 2 aromatic carbocycles. The Kier molecular flexibility index (Phi) is 5.27. The number of benzene rings is 2. The third-order valence-electron chi connectivity index (χ3n) is 6.13. The van der Waals surface area contributed by atoms with E-state index in [2.05, 4.69) is 31.6 Å². The van der Waals surface area contributed by atoms with Gasteiger partial charge in [0, 0.05) is 27.6 Å². The average molecular weight is 535 g/mol. The lowest BCUT2D eigenvalue weighted by molar-refractivity contribution is -0.126. The predicted octanol–water partition coefficient (Wildman–Crippen LogP) is 4.56. The van der Waals surface area contributed by atoms with Gasteiger partial charge in [0.2, 0.25) is 11.8 Å². The Bertz CT molecular complexity index is 1250. The molecule has 0 fully saturated rings. The van der Waals surface area contributed by atoms with Gasteiger partial charge >= 0.3 is 0 Å². The quantitative estimate of drug-likeness (QED) is 0.497. The Morgan fingerprint density at radius 2 is 1.88 bits per heavy atom. The maximum Gasteiger partial charge on any atom is 0.244 e. The Labute approximate surface area is 202 Å². The number of halogens is 3. The zero-order chi connectivity index (χ0) is 22.6. The maximum atomic E-state index is 13.8. The Morgan fingerprint density at radius 1 is 1.16 bits per heavy atom. The molecule has 2 aliphatic heterocycles. The van der Waals surface area contributed by atoms with E-state index in [0.717, 1.165) is 11.3 Å². The number of carbonyl (C=O) groups is 2. The molecule has 3 heterocycles. The number of hydrogen-bond acceptors (Lipinski definition) is 4. The number of fused-ring (bicyclic) bond motifs is 4. The lowest BCUT2D eigenvalue weighted by Crippen LogP contribution is -2.47. The molecule has 3 aromatic rings. The summed E-state index contributed by atoms with van der Waals surface area (Å²) < 4.78 is 1.64. The molecule has 0 radical (unpaired) electrons. The molecule has 1 spiro atoms. The minimum absolute atomic E-state index is 0.0566. The number of nitrogens with one attached hydrogen (secondary N) is 1. The summed E-state index contributed by atoms with van der Waals surface area (Å²) in [6, 6.07) is 12.5. The standard InChI is InChI=1S/C22H18BrCl2N5O2/c1-12(13-2-4-14(24)5-3-13)30-20-19(27-28-30)22(11-18(31)26-20)16-10-15(25)6-7-17(16)29(9-8-23)21(22)32/h2-7,10,12H,8-9,11H2,1H3,(H,26,31)/t12-,22+/m0/s1. The predicted molar refractivity (Wildman–Crippen MR) is 127 cm³/mol. The molecular formula is C22H18BrCl2N5O2. The van der Waals surface area contributed by atoms with Crippen molar-refractivity contribution in [1.29, 1.82) is 0 Å². The largest absolute Gasteiger partial charge is 0.310 e. The van der Waals surface area contributed by atoms with Gasteiger partial charge in [0.15, 0.2) is 5.82 Å². The van der Waals surface area contributed by atoms with E-state index in [4.69, 9.17) is 23.2 Å². The zero-order valence-corrected chi connectivity index (χ0v) is 20.1. The van der Waals surface area contributed by atoms with Crippen LogP contribution in [0, 0.1) is 0 Å². The van der Waals surface area contributed by atoms with Gasteiger partial charge in [-0.2, -0.15) is 0 Å². The van der Waals surface area contributed by atoms with E-state index < -0.39 is 5.41 Å². The van der Waals surface area contributed by atoms with Gasteiger partial charge in [0.05, 0.1) is 12.5 Å². The number of alkyl halides is 1. The molecule has 0 saturated carbocycles. The van der Waals surface area contributed by atoms with Crippen LogP contribution in [-0.4, -0.2) is 38.7 Å². The van der Waals surface area contributed by atoms with Crippen molar-refractivity contribution in [2.75, 3.05) is 22.1 Å². The topological polar surface area (TPSA) is 80.1 Å². The van der Waals surface area contributed by atoms with Gasteiger partial charge in [0.1, 0.15) is 11.1 Å². The highest BCUT2D eigenvalue weighted by Gasteiger charge is 2.58. The first kappa shape index (κ1) is 21.4. The fraction of sp³-hybridized carbons (Fsp3) is 0.273. The minimum Gasteiger partial charge on any atom is -0.310 e. The second-order valence-corrected chi connectivity index (χ2v) is 9.56. The summed E-state index contributed by atoms with van der Waals surface area (Å²) in [5.74, 6) is -0.0514. The molecule has 5 rings (SSSR count). The summed E-state index contributed by atoms with van der Waals surface area (Å²) in [6.45, 7) is 2.41. The molecule has 164 valence electrons. The molecule has 2 atom stereocenters.